The van der Waals surface area contributed by atoms with Gasteiger partial charge in [0.1, 0.15) is 0 Å². The summed E-state index contributed by atoms with van der Waals surface area (Å²) in [4.78, 5) is 4.32. The Hall–Kier alpha value is -0.900. The fourth-order valence-electron chi connectivity index (χ4n) is 2.65. The largest absolute Gasteiger partial charge is 0.340 e. The molecule has 1 saturated carbocycles. The lowest BCUT2D eigenvalue weighted by atomic mass is 9.92. The summed E-state index contributed by atoms with van der Waals surface area (Å²) in [6.45, 7) is 4.15. The first-order chi connectivity index (χ1) is 6.80. The van der Waals surface area contributed by atoms with Crippen molar-refractivity contribution in [3.8, 4) is 0 Å². The molecule has 1 atom stereocenters. The van der Waals surface area contributed by atoms with E-state index in [2.05, 4.69) is 15.5 Å². The number of aromatic nitrogens is 2. The van der Waals surface area contributed by atoms with Crippen molar-refractivity contribution in [2.75, 3.05) is 13.1 Å². The van der Waals surface area contributed by atoms with Gasteiger partial charge in [-0.3, -0.25) is 0 Å². The molecule has 1 aliphatic carbocycles. The van der Waals surface area contributed by atoms with E-state index in [1.54, 1.807) is 0 Å². The smallest absolute Gasteiger partial charge is 0.223 e. The Kier molecular flexibility index (Phi) is 1.68. The molecule has 0 bridgehead atoms. The fourth-order valence-corrected chi connectivity index (χ4v) is 2.65. The molecule has 1 N–H and O–H groups in total. The van der Waals surface area contributed by atoms with Gasteiger partial charge < -0.3 is 9.84 Å². The number of aryl methyl sites for hydroxylation is 1. The van der Waals surface area contributed by atoms with E-state index in [9.17, 15) is 0 Å². The molecule has 76 valence electrons. The molecule has 1 unspecified atom stereocenters. The normalized spacial score (nSPS) is 29.4. The summed E-state index contributed by atoms with van der Waals surface area (Å²) in [6.07, 6.45) is 3.80. The van der Waals surface area contributed by atoms with Gasteiger partial charge in [-0.1, -0.05) is 5.16 Å². The summed E-state index contributed by atoms with van der Waals surface area (Å²) in [5, 5.41) is 7.41. The molecule has 1 spiro atoms. The van der Waals surface area contributed by atoms with Crippen LogP contribution in [0.2, 0.25) is 0 Å². The van der Waals surface area contributed by atoms with Gasteiger partial charge in [0.2, 0.25) is 5.89 Å². The number of nitrogens with one attached hydrogen (secondary N) is 1. The van der Waals surface area contributed by atoms with Crippen LogP contribution in [0.5, 0.6) is 0 Å². The minimum absolute atomic E-state index is 0.515. The summed E-state index contributed by atoms with van der Waals surface area (Å²) in [7, 11) is 0. The van der Waals surface area contributed by atoms with Crippen molar-refractivity contribution >= 4 is 0 Å². The van der Waals surface area contributed by atoms with Crippen molar-refractivity contribution in [1.82, 2.24) is 15.5 Å². The van der Waals surface area contributed by atoms with Crippen molar-refractivity contribution < 1.29 is 4.52 Å². The van der Waals surface area contributed by atoms with Crippen LogP contribution in [0.4, 0.5) is 0 Å². The molecule has 0 radical (unpaired) electrons. The molecular formula is C10H15N3O. The predicted molar refractivity (Wildman–Crippen MR) is 50.9 cm³/mol. The zero-order chi connectivity index (χ0) is 9.60. The molecule has 0 aromatic carbocycles. The Morgan fingerprint density at radius 2 is 2.21 bits per heavy atom. The van der Waals surface area contributed by atoms with Crippen molar-refractivity contribution in [2.24, 2.45) is 5.41 Å². The summed E-state index contributed by atoms with van der Waals surface area (Å²) in [6, 6.07) is 0. The number of rotatable bonds is 1. The highest BCUT2D eigenvalue weighted by molar-refractivity contribution is 5.18. The minimum atomic E-state index is 0.515. The topological polar surface area (TPSA) is 51.0 Å². The summed E-state index contributed by atoms with van der Waals surface area (Å²) in [5.74, 6) is 2.20. The second-order valence-corrected chi connectivity index (χ2v) is 4.54. The van der Waals surface area contributed by atoms with Crippen molar-refractivity contribution in [3.63, 3.8) is 0 Å². The van der Waals surface area contributed by atoms with E-state index < -0.39 is 0 Å². The van der Waals surface area contributed by atoms with E-state index >= 15 is 0 Å². The average Bonchev–Trinajstić information content (AvgIpc) is 2.70. The van der Waals surface area contributed by atoms with Gasteiger partial charge in [-0.25, -0.2) is 0 Å². The van der Waals surface area contributed by atoms with Crippen molar-refractivity contribution in [3.05, 3.63) is 11.7 Å². The van der Waals surface area contributed by atoms with Crippen LogP contribution in [-0.2, 0) is 0 Å². The Morgan fingerprint density at radius 1 is 1.43 bits per heavy atom. The van der Waals surface area contributed by atoms with Crippen LogP contribution in [0.15, 0.2) is 4.52 Å². The van der Waals surface area contributed by atoms with E-state index in [0.717, 1.165) is 18.9 Å². The van der Waals surface area contributed by atoms with E-state index in [-0.39, 0.29) is 0 Å². The first kappa shape index (κ1) is 8.41. The zero-order valence-electron chi connectivity index (χ0n) is 8.42. The summed E-state index contributed by atoms with van der Waals surface area (Å²) >= 11 is 0. The van der Waals surface area contributed by atoms with Gasteiger partial charge in [0.05, 0.1) is 0 Å². The first-order valence-electron chi connectivity index (χ1n) is 5.31. The van der Waals surface area contributed by atoms with Gasteiger partial charge in [0.15, 0.2) is 5.82 Å². The maximum absolute atomic E-state index is 5.02. The van der Waals surface area contributed by atoms with E-state index in [4.69, 9.17) is 4.52 Å². The monoisotopic (exact) mass is 193 g/mol. The second kappa shape index (κ2) is 2.79. The maximum Gasteiger partial charge on any atom is 0.223 e. The SMILES string of the molecule is Cc1nc(C2CC23CCNCC3)no1. The number of hydrogen-bond donors (Lipinski definition) is 1. The van der Waals surface area contributed by atoms with Crippen LogP contribution in [0.25, 0.3) is 0 Å². The Morgan fingerprint density at radius 3 is 2.86 bits per heavy atom. The molecule has 2 heterocycles. The summed E-state index contributed by atoms with van der Waals surface area (Å²) < 4.78 is 5.02. The number of nitrogens with zero attached hydrogens (tertiary/aromatic N) is 2. The molecule has 4 heteroatoms. The molecule has 2 fully saturated rings. The standard InChI is InChI=1S/C10H15N3O/c1-7-12-9(13-14-7)8-6-10(8)2-4-11-5-3-10/h8,11H,2-6H2,1H3. The molecule has 1 aromatic rings. The lowest BCUT2D eigenvalue weighted by molar-refractivity contribution is 0.334. The van der Waals surface area contributed by atoms with E-state index in [0.29, 0.717) is 17.2 Å². The third-order valence-electron chi connectivity index (χ3n) is 3.64. The molecular weight excluding hydrogens is 178 g/mol. The van der Waals surface area contributed by atoms with Crippen molar-refractivity contribution in [1.29, 1.82) is 0 Å². The molecule has 4 nitrogen and oxygen atoms in total. The number of piperidine rings is 1. The molecule has 1 saturated heterocycles. The molecule has 1 aliphatic heterocycles. The summed E-state index contributed by atoms with van der Waals surface area (Å²) in [5.41, 5.74) is 0.515. The Balaban J connectivity index is 1.77. The quantitative estimate of drug-likeness (QED) is 0.729. The van der Waals surface area contributed by atoms with E-state index in [1.165, 1.54) is 19.3 Å². The van der Waals surface area contributed by atoms with Crippen LogP contribution in [0.3, 0.4) is 0 Å². The molecule has 14 heavy (non-hydrogen) atoms. The van der Waals surface area contributed by atoms with E-state index in [1.807, 2.05) is 6.92 Å². The molecule has 1 aromatic heterocycles. The lowest BCUT2D eigenvalue weighted by Gasteiger charge is -2.22. The maximum atomic E-state index is 5.02. The highest BCUT2D eigenvalue weighted by atomic mass is 16.5. The van der Waals surface area contributed by atoms with Crippen molar-refractivity contribution in [2.45, 2.75) is 32.1 Å². The highest BCUT2D eigenvalue weighted by Crippen LogP contribution is 2.63. The number of hydrogen-bond acceptors (Lipinski definition) is 4. The van der Waals surface area contributed by atoms with Gasteiger partial charge >= 0.3 is 0 Å². The van der Waals surface area contributed by atoms with Gasteiger partial charge in [-0.05, 0) is 37.8 Å². The third-order valence-corrected chi connectivity index (χ3v) is 3.64. The Bertz CT molecular complexity index is 341. The molecule has 0 amide bonds. The van der Waals surface area contributed by atoms with Gasteiger partial charge in [-0.15, -0.1) is 0 Å². The van der Waals surface area contributed by atoms with Crippen LogP contribution < -0.4 is 5.32 Å². The predicted octanol–water partition coefficient (Wildman–Crippen LogP) is 1.24. The Labute approximate surface area is 83.1 Å². The van der Waals surface area contributed by atoms with Gasteiger partial charge in [0.25, 0.3) is 0 Å². The first-order valence-corrected chi connectivity index (χ1v) is 5.31. The van der Waals surface area contributed by atoms with Crippen LogP contribution in [0.1, 0.15) is 36.9 Å². The average molecular weight is 193 g/mol. The van der Waals surface area contributed by atoms with Crippen LogP contribution in [0, 0.1) is 12.3 Å². The zero-order valence-corrected chi connectivity index (χ0v) is 8.42. The second-order valence-electron chi connectivity index (χ2n) is 4.54. The fraction of sp³-hybridized carbons (Fsp3) is 0.800. The van der Waals surface area contributed by atoms with Crippen LogP contribution >= 0.6 is 0 Å². The molecule has 3 rings (SSSR count). The lowest BCUT2D eigenvalue weighted by Crippen LogP contribution is -2.29. The van der Waals surface area contributed by atoms with Gasteiger partial charge in [0, 0.05) is 12.8 Å². The highest BCUT2D eigenvalue weighted by Gasteiger charge is 2.56. The molecule has 2 aliphatic rings. The third kappa shape index (κ3) is 1.17. The van der Waals surface area contributed by atoms with Crippen LogP contribution in [-0.4, -0.2) is 23.2 Å². The minimum Gasteiger partial charge on any atom is -0.340 e. The van der Waals surface area contributed by atoms with Gasteiger partial charge in [-0.2, -0.15) is 4.98 Å².